The van der Waals surface area contributed by atoms with E-state index in [4.69, 9.17) is 11.6 Å². The molecular formula is C21H24ClNO. The van der Waals surface area contributed by atoms with Gasteiger partial charge in [0.25, 0.3) is 0 Å². The lowest BCUT2D eigenvalue weighted by Crippen LogP contribution is -2.25. The summed E-state index contributed by atoms with van der Waals surface area (Å²) in [7, 11) is 0. The number of hydrogen-bond donors (Lipinski definition) is 0. The van der Waals surface area contributed by atoms with Crippen LogP contribution in [0.15, 0.2) is 58.3 Å². The molecule has 0 unspecified atom stereocenters. The molecule has 1 aromatic carbocycles. The first-order valence-corrected chi connectivity index (χ1v) is 9.01. The molecule has 0 radical (unpaired) electrons. The molecule has 0 saturated carbocycles. The van der Waals surface area contributed by atoms with Gasteiger partial charge in [-0.15, -0.1) is 0 Å². The van der Waals surface area contributed by atoms with Gasteiger partial charge in [-0.2, -0.15) is 0 Å². The predicted molar refractivity (Wildman–Crippen MR) is 101 cm³/mol. The van der Waals surface area contributed by atoms with E-state index < -0.39 is 0 Å². The molecule has 3 rings (SSSR count). The van der Waals surface area contributed by atoms with Gasteiger partial charge in [-0.3, -0.25) is 4.79 Å². The second-order valence-corrected chi connectivity index (χ2v) is 7.32. The largest absolute Gasteiger partial charge is 0.344 e. The van der Waals surface area contributed by atoms with E-state index in [0.29, 0.717) is 5.03 Å². The highest BCUT2D eigenvalue weighted by atomic mass is 35.5. The number of carbonyl (C=O) groups excluding carboxylic acids is 1. The fourth-order valence-corrected chi connectivity index (χ4v) is 4.12. The van der Waals surface area contributed by atoms with E-state index in [1.54, 1.807) is 0 Å². The van der Waals surface area contributed by atoms with Gasteiger partial charge in [0.15, 0.2) is 0 Å². The molecule has 0 N–H and O–H groups in total. The maximum absolute atomic E-state index is 11.1. The fraction of sp³-hybridized carbons (Fsp3) is 0.381. The molecule has 1 aromatic rings. The number of allylic oxidation sites excluding steroid dienone is 6. The van der Waals surface area contributed by atoms with Crippen LogP contribution in [0.3, 0.4) is 0 Å². The van der Waals surface area contributed by atoms with Gasteiger partial charge in [-0.1, -0.05) is 49.7 Å². The van der Waals surface area contributed by atoms with Gasteiger partial charge in [0.2, 0.25) is 0 Å². The van der Waals surface area contributed by atoms with E-state index in [2.05, 4.69) is 62.1 Å². The Bertz CT molecular complexity index is 755. The van der Waals surface area contributed by atoms with Crippen LogP contribution in [0.5, 0.6) is 0 Å². The smallest absolute Gasteiger partial charge is 0.147 e. The third-order valence-electron chi connectivity index (χ3n) is 5.16. The molecule has 24 heavy (non-hydrogen) atoms. The van der Waals surface area contributed by atoms with Crippen LogP contribution in [0.2, 0.25) is 0 Å². The maximum Gasteiger partial charge on any atom is 0.147 e. The van der Waals surface area contributed by atoms with Gasteiger partial charge in [0.05, 0.1) is 5.03 Å². The van der Waals surface area contributed by atoms with Crippen LogP contribution in [0.25, 0.3) is 0 Å². The van der Waals surface area contributed by atoms with Crippen LogP contribution >= 0.6 is 11.6 Å². The average molecular weight is 342 g/mol. The highest BCUT2D eigenvalue weighted by molar-refractivity contribution is 6.33. The SMILES string of the molecule is CCN1/C(=C/C=C2\CCCC(C=O)=C2Cl)C(C)(C)c2ccccc21. The van der Waals surface area contributed by atoms with Crippen LogP contribution in [0, 0.1) is 0 Å². The Kier molecular flexibility index (Phi) is 4.69. The lowest BCUT2D eigenvalue weighted by atomic mass is 9.83. The summed E-state index contributed by atoms with van der Waals surface area (Å²) in [4.78, 5) is 13.5. The van der Waals surface area contributed by atoms with Crippen molar-refractivity contribution in [3.05, 3.63) is 63.9 Å². The molecule has 0 fully saturated rings. The number of nitrogens with zero attached hydrogens (tertiary/aromatic N) is 1. The summed E-state index contributed by atoms with van der Waals surface area (Å²) >= 11 is 6.40. The van der Waals surface area contributed by atoms with Gasteiger partial charge in [0.1, 0.15) is 6.29 Å². The molecule has 1 heterocycles. The molecule has 1 aliphatic heterocycles. The topological polar surface area (TPSA) is 20.3 Å². The van der Waals surface area contributed by atoms with Crippen molar-refractivity contribution in [1.82, 2.24) is 0 Å². The Labute approximate surface area is 149 Å². The van der Waals surface area contributed by atoms with E-state index in [9.17, 15) is 4.79 Å². The van der Waals surface area contributed by atoms with Crippen molar-refractivity contribution < 1.29 is 4.79 Å². The van der Waals surface area contributed by atoms with E-state index >= 15 is 0 Å². The van der Waals surface area contributed by atoms with E-state index in [1.807, 2.05) is 0 Å². The summed E-state index contributed by atoms with van der Waals surface area (Å²) in [6, 6.07) is 8.60. The molecule has 0 saturated heterocycles. The number of fused-ring (bicyclic) bond motifs is 1. The second-order valence-electron chi connectivity index (χ2n) is 6.94. The van der Waals surface area contributed by atoms with Gasteiger partial charge < -0.3 is 4.90 Å². The average Bonchev–Trinajstić information content (AvgIpc) is 2.81. The first kappa shape index (κ1) is 17.0. The van der Waals surface area contributed by atoms with Gasteiger partial charge >= 0.3 is 0 Å². The Hall–Kier alpha value is -1.80. The van der Waals surface area contributed by atoms with Crippen LogP contribution in [-0.2, 0) is 10.2 Å². The molecule has 0 spiro atoms. The van der Waals surface area contributed by atoms with E-state index in [-0.39, 0.29) is 5.41 Å². The zero-order chi connectivity index (χ0) is 17.3. The molecular weight excluding hydrogens is 318 g/mol. The number of rotatable bonds is 3. The third kappa shape index (κ3) is 2.73. The zero-order valence-corrected chi connectivity index (χ0v) is 15.4. The van der Waals surface area contributed by atoms with Crippen molar-refractivity contribution in [1.29, 1.82) is 0 Å². The van der Waals surface area contributed by atoms with E-state index in [1.165, 1.54) is 16.9 Å². The first-order chi connectivity index (χ1) is 11.5. The van der Waals surface area contributed by atoms with Crippen molar-refractivity contribution >= 4 is 23.6 Å². The Morgan fingerprint density at radius 1 is 1.21 bits per heavy atom. The minimum atomic E-state index is -0.0397. The lowest BCUT2D eigenvalue weighted by Gasteiger charge is -2.26. The lowest BCUT2D eigenvalue weighted by molar-refractivity contribution is -0.105. The molecule has 3 heteroatoms. The van der Waals surface area contributed by atoms with Crippen LogP contribution < -0.4 is 4.90 Å². The van der Waals surface area contributed by atoms with Gasteiger partial charge in [-0.25, -0.2) is 0 Å². The molecule has 2 nitrogen and oxygen atoms in total. The maximum atomic E-state index is 11.1. The Balaban J connectivity index is 2.04. The summed E-state index contributed by atoms with van der Waals surface area (Å²) < 4.78 is 0. The highest BCUT2D eigenvalue weighted by Gasteiger charge is 2.38. The van der Waals surface area contributed by atoms with Crippen LogP contribution in [0.4, 0.5) is 5.69 Å². The van der Waals surface area contributed by atoms with Crippen molar-refractivity contribution in [3.63, 3.8) is 0 Å². The molecule has 2 aliphatic rings. The van der Waals surface area contributed by atoms with Crippen LogP contribution in [-0.4, -0.2) is 12.8 Å². The molecule has 1 aliphatic carbocycles. The molecule has 0 bridgehead atoms. The van der Waals surface area contributed by atoms with E-state index in [0.717, 1.165) is 43.2 Å². The summed E-state index contributed by atoms with van der Waals surface area (Å²) in [5.74, 6) is 0. The summed E-state index contributed by atoms with van der Waals surface area (Å²) in [6.45, 7) is 7.64. The number of anilines is 1. The standard InChI is InChI=1S/C21H24ClNO/c1-4-23-18-11-6-5-10-17(18)21(2,3)19(23)13-12-15-8-7-9-16(14-24)20(15)22/h5-6,10-14H,4,7-9H2,1-3H3/b15-12+,19-13+. The Morgan fingerprint density at radius 3 is 2.67 bits per heavy atom. The summed E-state index contributed by atoms with van der Waals surface area (Å²) in [5, 5.41) is 0.643. The molecule has 126 valence electrons. The molecule has 0 aromatic heterocycles. The Morgan fingerprint density at radius 2 is 1.96 bits per heavy atom. The minimum absolute atomic E-state index is 0.0397. The van der Waals surface area contributed by atoms with Crippen LogP contribution in [0.1, 0.15) is 45.6 Å². The van der Waals surface area contributed by atoms with Crippen molar-refractivity contribution in [2.75, 3.05) is 11.4 Å². The minimum Gasteiger partial charge on any atom is -0.344 e. The monoisotopic (exact) mass is 341 g/mol. The number of likely N-dealkylation sites (N-methyl/N-ethyl adjacent to an activating group) is 1. The number of halogens is 1. The third-order valence-corrected chi connectivity index (χ3v) is 5.64. The normalized spacial score (nSPS) is 23.1. The summed E-state index contributed by atoms with van der Waals surface area (Å²) in [5.41, 5.74) is 5.68. The van der Waals surface area contributed by atoms with Crippen molar-refractivity contribution in [2.45, 2.75) is 45.4 Å². The number of hydrogen-bond acceptors (Lipinski definition) is 2. The second kappa shape index (κ2) is 6.60. The quantitative estimate of drug-likeness (QED) is 0.677. The van der Waals surface area contributed by atoms with Crippen molar-refractivity contribution in [2.24, 2.45) is 0 Å². The molecule has 0 atom stereocenters. The fourth-order valence-electron chi connectivity index (χ4n) is 3.82. The number of benzene rings is 1. The first-order valence-electron chi connectivity index (χ1n) is 8.63. The van der Waals surface area contributed by atoms with Crippen molar-refractivity contribution in [3.8, 4) is 0 Å². The van der Waals surface area contributed by atoms with Gasteiger partial charge in [0, 0.05) is 28.9 Å². The summed E-state index contributed by atoms with van der Waals surface area (Å²) in [6.07, 6.45) is 7.90. The zero-order valence-electron chi connectivity index (χ0n) is 14.6. The predicted octanol–water partition coefficient (Wildman–Crippen LogP) is 5.49. The molecule has 0 amide bonds. The number of para-hydroxylation sites is 1. The van der Waals surface area contributed by atoms with Gasteiger partial charge in [-0.05, 0) is 49.5 Å². The number of aldehydes is 1. The highest BCUT2D eigenvalue weighted by Crippen LogP contribution is 2.47. The number of carbonyl (C=O) groups is 1.